The molecular weight excluding hydrogens is 342 g/mol. The molecule has 0 bridgehead atoms. The number of hydrogen-bond acceptors (Lipinski definition) is 4. The number of ether oxygens (including phenoxy) is 1. The number of nitrogens with zero attached hydrogens (tertiary/aromatic N) is 3. The summed E-state index contributed by atoms with van der Waals surface area (Å²) in [5.74, 6) is 0. The normalized spacial score (nSPS) is 21.8. The first-order valence-electron chi connectivity index (χ1n) is 8.78. The van der Waals surface area contributed by atoms with Crippen molar-refractivity contribution in [1.29, 1.82) is 0 Å². The lowest BCUT2D eigenvalue weighted by atomic mass is 9.88. The smallest absolute Gasteiger partial charge is 0.185 e. The van der Waals surface area contributed by atoms with Crippen LogP contribution in [0.3, 0.4) is 0 Å². The van der Waals surface area contributed by atoms with Crippen LogP contribution in [0.2, 0.25) is 0 Å². The summed E-state index contributed by atoms with van der Waals surface area (Å²) in [7, 11) is 0. The van der Waals surface area contributed by atoms with Crippen LogP contribution in [0.5, 0.6) is 0 Å². The van der Waals surface area contributed by atoms with E-state index in [1.165, 1.54) is 27.8 Å². The molecule has 0 spiro atoms. The fourth-order valence-corrected chi connectivity index (χ4v) is 4.12. The summed E-state index contributed by atoms with van der Waals surface area (Å²) < 4.78 is 8.38. The minimum absolute atomic E-state index is 0.0307. The number of hydrogen-bond donors (Lipinski definition) is 0. The summed E-state index contributed by atoms with van der Waals surface area (Å²) in [6.45, 7) is 7.19. The Morgan fingerprint density at radius 1 is 1.08 bits per heavy atom. The molecule has 3 aromatic rings. The molecule has 26 heavy (non-hydrogen) atoms. The van der Waals surface area contributed by atoms with Crippen molar-refractivity contribution in [3.63, 3.8) is 0 Å². The van der Waals surface area contributed by atoms with E-state index < -0.39 is 5.60 Å². The number of thioether (sulfide) groups is 1. The summed E-state index contributed by atoms with van der Waals surface area (Å²) in [4.78, 5) is 4.34. The van der Waals surface area contributed by atoms with Crippen molar-refractivity contribution in [2.45, 2.75) is 44.2 Å². The van der Waals surface area contributed by atoms with E-state index in [1.807, 2.05) is 17.0 Å². The predicted octanol–water partition coefficient (Wildman–Crippen LogP) is 4.59. The molecule has 1 aliphatic heterocycles. The lowest BCUT2D eigenvalue weighted by molar-refractivity contribution is 0.256. The first-order chi connectivity index (χ1) is 12.6. The topological polar surface area (TPSA) is 43.2 Å². The molecule has 4 rings (SSSR count). The van der Waals surface area contributed by atoms with E-state index >= 15 is 0 Å². The summed E-state index contributed by atoms with van der Waals surface area (Å²) in [6.07, 6.45) is 3.67. The lowest BCUT2D eigenvalue weighted by Crippen LogP contribution is -2.20. The minimum atomic E-state index is -0.397. The van der Waals surface area contributed by atoms with E-state index in [0.717, 1.165) is 5.16 Å². The Labute approximate surface area is 158 Å². The van der Waals surface area contributed by atoms with Crippen LogP contribution in [-0.2, 0) is 16.9 Å². The standard InChI is InChI=1S/C21H23N3OS/c1-14-10-11-18(16(3)15(14)2)19-21(25-19,17-8-6-5-7-9-17)12-24-20(26-4)22-13-23-24/h5-11,13,19H,12H2,1-4H3. The molecule has 0 amide bonds. The van der Waals surface area contributed by atoms with Crippen LogP contribution >= 0.6 is 11.8 Å². The second-order valence-electron chi connectivity index (χ2n) is 6.88. The Kier molecular flexibility index (Phi) is 4.37. The molecule has 5 heteroatoms. The van der Waals surface area contributed by atoms with Gasteiger partial charge in [-0.15, -0.1) is 0 Å². The van der Waals surface area contributed by atoms with Gasteiger partial charge in [0.15, 0.2) is 5.16 Å². The van der Waals surface area contributed by atoms with E-state index in [2.05, 4.69) is 67.3 Å². The second kappa shape index (κ2) is 6.56. The van der Waals surface area contributed by atoms with Crippen LogP contribution in [-0.4, -0.2) is 21.0 Å². The van der Waals surface area contributed by atoms with Crippen LogP contribution in [0.15, 0.2) is 53.9 Å². The zero-order chi connectivity index (χ0) is 18.3. The van der Waals surface area contributed by atoms with Crippen LogP contribution in [0.25, 0.3) is 0 Å². The van der Waals surface area contributed by atoms with Crippen molar-refractivity contribution in [3.05, 3.63) is 76.6 Å². The number of epoxide rings is 1. The van der Waals surface area contributed by atoms with Crippen LogP contribution in [0.1, 0.15) is 33.9 Å². The van der Waals surface area contributed by atoms with Gasteiger partial charge in [0.2, 0.25) is 0 Å². The maximum atomic E-state index is 6.43. The van der Waals surface area contributed by atoms with Crippen LogP contribution < -0.4 is 0 Å². The lowest BCUT2D eigenvalue weighted by Gasteiger charge is -2.16. The van der Waals surface area contributed by atoms with Crippen molar-refractivity contribution < 1.29 is 4.74 Å². The first kappa shape index (κ1) is 17.3. The van der Waals surface area contributed by atoms with Gasteiger partial charge >= 0.3 is 0 Å². The molecule has 1 aliphatic rings. The molecule has 134 valence electrons. The van der Waals surface area contributed by atoms with E-state index in [-0.39, 0.29) is 6.10 Å². The molecule has 1 saturated heterocycles. The van der Waals surface area contributed by atoms with Crippen molar-refractivity contribution in [2.75, 3.05) is 6.26 Å². The summed E-state index contributed by atoms with van der Waals surface area (Å²) in [5, 5.41) is 5.33. The molecule has 2 aromatic carbocycles. The van der Waals surface area contributed by atoms with Crippen molar-refractivity contribution in [3.8, 4) is 0 Å². The molecule has 0 saturated carbocycles. The van der Waals surface area contributed by atoms with E-state index in [9.17, 15) is 0 Å². The SMILES string of the molecule is CSc1ncnn1CC1(c2ccccc2)OC1c1ccc(C)c(C)c1C. The molecule has 2 atom stereocenters. The molecular formula is C21H23N3OS. The van der Waals surface area contributed by atoms with E-state index in [0.29, 0.717) is 6.54 Å². The Morgan fingerprint density at radius 2 is 1.85 bits per heavy atom. The number of benzene rings is 2. The van der Waals surface area contributed by atoms with E-state index in [1.54, 1.807) is 18.1 Å². The van der Waals surface area contributed by atoms with Gasteiger partial charge in [-0.2, -0.15) is 5.10 Å². The maximum absolute atomic E-state index is 6.43. The zero-order valence-electron chi connectivity index (χ0n) is 15.6. The monoisotopic (exact) mass is 365 g/mol. The highest BCUT2D eigenvalue weighted by molar-refractivity contribution is 7.98. The minimum Gasteiger partial charge on any atom is -0.354 e. The maximum Gasteiger partial charge on any atom is 0.185 e. The average Bonchev–Trinajstić information content (AvgIpc) is 3.20. The van der Waals surface area contributed by atoms with Gasteiger partial charge in [-0.25, -0.2) is 9.67 Å². The van der Waals surface area contributed by atoms with Gasteiger partial charge in [-0.05, 0) is 54.8 Å². The average molecular weight is 366 g/mol. The third-order valence-corrected chi connectivity index (χ3v) is 6.17. The van der Waals surface area contributed by atoms with Gasteiger partial charge in [0.25, 0.3) is 0 Å². The third kappa shape index (κ3) is 2.75. The molecule has 4 nitrogen and oxygen atoms in total. The van der Waals surface area contributed by atoms with Crippen LogP contribution in [0.4, 0.5) is 0 Å². The van der Waals surface area contributed by atoms with Gasteiger partial charge in [-0.3, -0.25) is 0 Å². The summed E-state index contributed by atoms with van der Waals surface area (Å²) in [5.41, 5.74) is 6.03. The molecule has 2 heterocycles. The second-order valence-corrected chi connectivity index (χ2v) is 7.65. The molecule has 0 aliphatic carbocycles. The number of aromatic nitrogens is 3. The Morgan fingerprint density at radius 3 is 2.58 bits per heavy atom. The van der Waals surface area contributed by atoms with Crippen molar-refractivity contribution in [1.82, 2.24) is 14.8 Å². The highest BCUT2D eigenvalue weighted by Crippen LogP contribution is 2.59. The predicted molar refractivity (Wildman–Crippen MR) is 104 cm³/mol. The Hall–Kier alpha value is -2.11. The molecule has 1 fully saturated rings. The zero-order valence-corrected chi connectivity index (χ0v) is 16.4. The first-order valence-corrected chi connectivity index (χ1v) is 10.0. The quantitative estimate of drug-likeness (QED) is 0.490. The number of rotatable bonds is 5. The fourth-order valence-electron chi connectivity index (χ4n) is 3.65. The van der Waals surface area contributed by atoms with Crippen molar-refractivity contribution in [2.24, 2.45) is 0 Å². The highest BCUT2D eigenvalue weighted by atomic mass is 32.2. The fraction of sp³-hybridized carbons (Fsp3) is 0.333. The number of aryl methyl sites for hydroxylation is 1. The highest BCUT2D eigenvalue weighted by Gasteiger charge is 2.59. The summed E-state index contributed by atoms with van der Waals surface area (Å²) >= 11 is 1.60. The van der Waals surface area contributed by atoms with Gasteiger partial charge in [0, 0.05) is 0 Å². The van der Waals surface area contributed by atoms with E-state index in [4.69, 9.17) is 4.74 Å². The third-order valence-electron chi connectivity index (χ3n) is 5.49. The van der Waals surface area contributed by atoms with Gasteiger partial charge < -0.3 is 4.74 Å². The molecule has 2 unspecified atom stereocenters. The largest absolute Gasteiger partial charge is 0.354 e. The van der Waals surface area contributed by atoms with Gasteiger partial charge in [0.1, 0.15) is 18.0 Å². The Bertz CT molecular complexity index is 938. The van der Waals surface area contributed by atoms with Crippen LogP contribution in [0, 0.1) is 20.8 Å². The summed E-state index contributed by atoms with van der Waals surface area (Å²) in [6, 6.07) is 14.9. The van der Waals surface area contributed by atoms with Crippen molar-refractivity contribution >= 4 is 11.8 Å². The van der Waals surface area contributed by atoms with Gasteiger partial charge in [0.05, 0.1) is 6.54 Å². The Balaban J connectivity index is 1.77. The van der Waals surface area contributed by atoms with Gasteiger partial charge in [-0.1, -0.05) is 54.2 Å². The molecule has 0 N–H and O–H groups in total. The molecule has 0 radical (unpaired) electrons. The molecule has 1 aromatic heterocycles.